The smallest absolute Gasteiger partial charge is 0.317 e. The van der Waals surface area contributed by atoms with E-state index in [4.69, 9.17) is 11.6 Å². The SMILES string of the molecule is O=C(Nc1cccc(F)c1)N1CCCCCC1c1ccc(Cl)cc1. The van der Waals surface area contributed by atoms with E-state index in [1.165, 1.54) is 12.1 Å². The van der Waals surface area contributed by atoms with Crippen molar-refractivity contribution in [1.29, 1.82) is 0 Å². The Labute approximate surface area is 146 Å². The molecule has 1 aliphatic rings. The van der Waals surface area contributed by atoms with Gasteiger partial charge in [0.25, 0.3) is 0 Å². The maximum atomic E-state index is 13.3. The molecule has 0 aromatic heterocycles. The van der Waals surface area contributed by atoms with Gasteiger partial charge in [-0.2, -0.15) is 0 Å². The van der Waals surface area contributed by atoms with E-state index in [1.54, 1.807) is 12.1 Å². The van der Waals surface area contributed by atoms with E-state index in [-0.39, 0.29) is 17.9 Å². The van der Waals surface area contributed by atoms with Crippen molar-refractivity contribution in [1.82, 2.24) is 4.90 Å². The summed E-state index contributed by atoms with van der Waals surface area (Å²) < 4.78 is 13.3. The number of urea groups is 1. The third-order valence-electron chi connectivity index (χ3n) is 4.34. The van der Waals surface area contributed by atoms with Gasteiger partial charge in [0.1, 0.15) is 5.82 Å². The van der Waals surface area contributed by atoms with Crippen molar-refractivity contribution < 1.29 is 9.18 Å². The molecule has 0 aliphatic carbocycles. The number of carbonyl (C=O) groups excluding carboxylic acids is 1. The topological polar surface area (TPSA) is 32.3 Å². The Morgan fingerprint density at radius 2 is 1.92 bits per heavy atom. The summed E-state index contributed by atoms with van der Waals surface area (Å²) in [5.41, 5.74) is 1.55. The van der Waals surface area contributed by atoms with Gasteiger partial charge in [0.2, 0.25) is 0 Å². The van der Waals surface area contributed by atoms with Crippen molar-refractivity contribution in [2.75, 3.05) is 11.9 Å². The van der Waals surface area contributed by atoms with Crippen LogP contribution >= 0.6 is 11.6 Å². The molecule has 0 radical (unpaired) electrons. The van der Waals surface area contributed by atoms with Gasteiger partial charge in [-0.3, -0.25) is 0 Å². The predicted molar refractivity (Wildman–Crippen MR) is 94.8 cm³/mol. The highest BCUT2D eigenvalue weighted by Crippen LogP contribution is 2.31. The van der Waals surface area contributed by atoms with Gasteiger partial charge < -0.3 is 10.2 Å². The first-order chi connectivity index (χ1) is 11.6. The summed E-state index contributed by atoms with van der Waals surface area (Å²) in [6, 6.07) is 13.4. The lowest BCUT2D eigenvalue weighted by molar-refractivity contribution is 0.189. The van der Waals surface area contributed by atoms with Gasteiger partial charge in [0.15, 0.2) is 0 Å². The van der Waals surface area contributed by atoms with Crippen molar-refractivity contribution in [3.63, 3.8) is 0 Å². The second-order valence-corrected chi connectivity index (χ2v) is 6.49. The van der Waals surface area contributed by atoms with E-state index in [9.17, 15) is 9.18 Å². The zero-order valence-corrected chi connectivity index (χ0v) is 14.1. The Balaban J connectivity index is 1.81. The number of nitrogens with zero attached hydrogens (tertiary/aromatic N) is 1. The minimum atomic E-state index is -0.363. The fraction of sp³-hybridized carbons (Fsp3) is 0.316. The minimum Gasteiger partial charge on any atom is -0.317 e. The number of carbonyl (C=O) groups is 1. The maximum Gasteiger partial charge on any atom is 0.322 e. The van der Waals surface area contributed by atoms with Gasteiger partial charge in [-0.15, -0.1) is 0 Å². The first kappa shape index (κ1) is 16.8. The van der Waals surface area contributed by atoms with Crippen molar-refractivity contribution >= 4 is 23.3 Å². The highest BCUT2D eigenvalue weighted by Gasteiger charge is 2.26. The molecule has 0 bridgehead atoms. The third-order valence-corrected chi connectivity index (χ3v) is 4.60. The van der Waals surface area contributed by atoms with Crippen LogP contribution in [0.1, 0.15) is 37.3 Å². The van der Waals surface area contributed by atoms with E-state index >= 15 is 0 Å². The van der Waals surface area contributed by atoms with Gasteiger partial charge in [-0.05, 0) is 48.7 Å². The fourth-order valence-corrected chi connectivity index (χ4v) is 3.27. The third kappa shape index (κ3) is 4.06. The van der Waals surface area contributed by atoms with Crippen LogP contribution in [0.2, 0.25) is 5.02 Å². The molecule has 5 heteroatoms. The van der Waals surface area contributed by atoms with E-state index in [1.807, 2.05) is 29.2 Å². The van der Waals surface area contributed by atoms with Crippen LogP contribution in [0.25, 0.3) is 0 Å². The molecular formula is C19H20ClFN2O. The monoisotopic (exact) mass is 346 g/mol. The molecule has 3 nitrogen and oxygen atoms in total. The molecule has 1 aliphatic heterocycles. The van der Waals surface area contributed by atoms with Crippen LogP contribution in [-0.4, -0.2) is 17.5 Å². The first-order valence-electron chi connectivity index (χ1n) is 8.22. The summed E-state index contributed by atoms with van der Waals surface area (Å²) in [6.07, 6.45) is 4.07. The molecule has 24 heavy (non-hydrogen) atoms. The summed E-state index contributed by atoms with van der Waals surface area (Å²) in [5.74, 6) is -0.363. The largest absolute Gasteiger partial charge is 0.322 e. The Kier molecular flexibility index (Phi) is 5.36. The highest BCUT2D eigenvalue weighted by molar-refractivity contribution is 6.30. The number of nitrogens with one attached hydrogen (secondary N) is 1. The Morgan fingerprint density at radius 3 is 2.67 bits per heavy atom. The summed E-state index contributed by atoms with van der Waals surface area (Å²) in [5, 5.41) is 3.50. The number of hydrogen-bond donors (Lipinski definition) is 1. The number of hydrogen-bond acceptors (Lipinski definition) is 1. The van der Waals surface area contributed by atoms with E-state index < -0.39 is 0 Å². The van der Waals surface area contributed by atoms with Crippen LogP contribution in [0, 0.1) is 5.82 Å². The summed E-state index contributed by atoms with van der Waals surface area (Å²) >= 11 is 5.98. The molecule has 3 rings (SSSR count). The van der Waals surface area contributed by atoms with Crippen LogP contribution in [0.15, 0.2) is 48.5 Å². The maximum absolute atomic E-state index is 13.3. The van der Waals surface area contributed by atoms with Crippen LogP contribution in [0.4, 0.5) is 14.9 Å². The summed E-state index contributed by atoms with van der Waals surface area (Å²) in [7, 11) is 0. The van der Waals surface area contributed by atoms with Gasteiger partial charge in [0.05, 0.1) is 6.04 Å². The van der Waals surface area contributed by atoms with Crippen molar-refractivity contribution in [2.24, 2.45) is 0 Å². The Bertz CT molecular complexity index is 705. The van der Waals surface area contributed by atoms with Crippen LogP contribution in [-0.2, 0) is 0 Å². The Morgan fingerprint density at radius 1 is 1.12 bits per heavy atom. The number of halogens is 2. The van der Waals surface area contributed by atoms with E-state index in [2.05, 4.69) is 5.32 Å². The molecule has 1 unspecified atom stereocenters. The fourth-order valence-electron chi connectivity index (χ4n) is 3.14. The molecule has 1 N–H and O–H groups in total. The van der Waals surface area contributed by atoms with Crippen molar-refractivity contribution in [2.45, 2.75) is 31.7 Å². The van der Waals surface area contributed by atoms with Crippen LogP contribution in [0.3, 0.4) is 0 Å². The van der Waals surface area contributed by atoms with Gasteiger partial charge >= 0.3 is 6.03 Å². The normalized spacial score (nSPS) is 18.1. The first-order valence-corrected chi connectivity index (χ1v) is 8.60. The van der Waals surface area contributed by atoms with Crippen molar-refractivity contribution in [3.05, 3.63) is 64.9 Å². The molecule has 1 saturated heterocycles. The Hall–Kier alpha value is -2.07. The number of benzene rings is 2. The molecule has 2 aromatic rings. The molecule has 1 atom stereocenters. The average Bonchev–Trinajstić information content (AvgIpc) is 2.81. The minimum absolute atomic E-state index is 0.0123. The molecule has 1 heterocycles. The summed E-state index contributed by atoms with van der Waals surface area (Å²) in [4.78, 5) is 14.6. The molecule has 0 spiro atoms. The second kappa shape index (κ2) is 7.67. The van der Waals surface area contributed by atoms with Gasteiger partial charge in [0, 0.05) is 17.3 Å². The van der Waals surface area contributed by atoms with E-state index in [0.717, 1.165) is 31.2 Å². The molecule has 126 valence electrons. The molecule has 2 amide bonds. The van der Waals surface area contributed by atoms with E-state index in [0.29, 0.717) is 17.3 Å². The lowest BCUT2D eigenvalue weighted by atomic mass is 10.0. The molecule has 2 aromatic carbocycles. The van der Waals surface area contributed by atoms with Crippen LogP contribution < -0.4 is 5.32 Å². The number of amides is 2. The summed E-state index contributed by atoms with van der Waals surface area (Å²) in [6.45, 7) is 0.689. The van der Waals surface area contributed by atoms with Gasteiger partial charge in [-0.1, -0.05) is 42.6 Å². The van der Waals surface area contributed by atoms with Gasteiger partial charge in [-0.25, -0.2) is 9.18 Å². The number of likely N-dealkylation sites (tertiary alicyclic amines) is 1. The molecule has 1 fully saturated rings. The number of rotatable bonds is 2. The zero-order chi connectivity index (χ0) is 16.9. The average molecular weight is 347 g/mol. The standard InChI is InChI=1S/C19H20ClFN2O/c20-15-10-8-14(9-11-15)18-7-2-1-3-12-23(18)19(24)22-17-6-4-5-16(21)13-17/h4-6,8-11,13,18H,1-3,7,12H2,(H,22,24). The molecule has 0 saturated carbocycles. The zero-order valence-electron chi connectivity index (χ0n) is 13.3. The lowest BCUT2D eigenvalue weighted by Gasteiger charge is -2.30. The second-order valence-electron chi connectivity index (χ2n) is 6.05. The van der Waals surface area contributed by atoms with Crippen molar-refractivity contribution in [3.8, 4) is 0 Å². The highest BCUT2D eigenvalue weighted by atomic mass is 35.5. The van der Waals surface area contributed by atoms with Crippen LogP contribution in [0.5, 0.6) is 0 Å². The molecular weight excluding hydrogens is 327 g/mol. The lowest BCUT2D eigenvalue weighted by Crippen LogP contribution is -2.38. The quantitative estimate of drug-likeness (QED) is 0.751. The number of anilines is 1. The predicted octanol–water partition coefficient (Wildman–Crippen LogP) is 5.63.